The normalized spacial score (nSPS) is 39.7. The number of nitrogens with zero attached hydrogens (tertiary/aromatic N) is 5. The Bertz CT molecular complexity index is 2230. The number of sulfone groups is 1. The molecule has 73 heavy (non-hydrogen) atoms. The van der Waals surface area contributed by atoms with E-state index in [0.29, 0.717) is 13.0 Å². The molecule has 0 spiro atoms. The molecule has 2 unspecified atom stereocenters. The first-order chi connectivity index (χ1) is 33.7. The Morgan fingerprint density at radius 3 is 2.21 bits per heavy atom. The highest BCUT2D eigenvalue weighted by Gasteiger charge is 2.55. The van der Waals surface area contributed by atoms with Gasteiger partial charge in [0.25, 0.3) is 5.92 Å². The number of aliphatic hydroxyl groups is 5. The summed E-state index contributed by atoms with van der Waals surface area (Å²) in [6.07, 6.45) is -6.23. The van der Waals surface area contributed by atoms with Crippen LogP contribution in [0.5, 0.6) is 0 Å². The van der Waals surface area contributed by atoms with Crippen LogP contribution in [0.1, 0.15) is 112 Å². The van der Waals surface area contributed by atoms with E-state index >= 15 is 8.78 Å². The zero-order valence-corrected chi connectivity index (χ0v) is 45.9. The topological polar surface area (TPSA) is 236 Å². The highest BCUT2D eigenvalue weighted by atomic mass is 32.2. The molecule has 418 valence electrons. The lowest BCUT2D eigenvalue weighted by Gasteiger charge is -2.51. The summed E-state index contributed by atoms with van der Waals surface area (Å²) in [5.41, 5.74) is -4.99. The van der Waals surface area contributed by atoms with Gasteiger partial charge in [-0.25, -0.2) is 17.5 Å². The lowest BCUT2D eigenvalue weighted by atomic mass is 9.68. The predicted molar refractivity (Wildman–Crippen MR) is 264 cm³/mol. The Kier molecular flexibility index (Phi) is 19.9. The zero-order valence-electron chi connectivity index (χ0n) is 45.1. The number of carbonyl (C=O) groups is 1. The van der Waals surface area contributed by atoms with Gasteiger partial charge in [0, 0.05) is 69.1 Å². The van der Waals surface area contributed by atoms with Crippen LogP contribution in [0, 0.1) is 23.7 Å². The van der Waals surface area contributed by atoms with Crippen LogP contribution in [0.2, 0.25) is 0 Å². The highest BCUT2D eigenvalue weighted by molar-refractivity contribution is 7.90. The lowest BCUT2D eigenvalue weighted by Crippen LogP contribution is -2.62. The van der Waals surface area contributed by atoms with Gasteiger partial charge in [0.15, 0.2) is 16.1 Å². The minimum atomic E-state index is -3.79. The molecule has 0 amide bonds. The van der Waals surface area contributed by atoms with Crippen molar-refractivity contribution in [1.29, 1.82) is 0 Å². The molecule has 22 heteroatoms. The summed E-state index contributed by atoms with van der Waals surface area (Å²) in [6, 6.07) is 0.666. The number of likely N-dealkylation sites (N-methyl/N-ethyl adjacent to an activating group) is 2. The largest absolute Gasteiger partial charge is 0.459 e. The van der Waals surface area contributed by atoms with Crippen molar-refractivity contribution in [2.45, 2.75) is 202 Å². The standard InChI is InChI=1S/C51H84F3N5O13S/c1-15-40-50(10,65)43(61)32(6)58(12)26-28(2)23-48(8,64)45(30(4)41(31(5)46(63)71-40)38-24-49(9,68-13)44(62)33(7)70-38)72-47-42(60)37(22-29(3)69-47)57(11)21-20-35-27-59(56-55-35)39(25-52)51(53,54)34-16-18-36(19-17-34)73(14,66)67/h16-19,27-33,37-45,47,60-62,64-65H,15,20-26H2,1-14H3/t28-,29-,30+,31-,32-,33+,37+,38?,39-,40-,41?,42-,43-,44+,45-,47+,48-,49-,50-/m1/s1. The van der Waals surface area contributed by atoms with E-state index in [9.17, 15) is 43.1 Å². The number of methoxy groups -OCH3 is 1. The van der Waals surface area contributed by atoms with E-state index < -0.39 is 142 Å². The fraction of sp³-hybridized carbons (Fsp3) is 0.824. The van der Waals surface area contributed by atoms with Crippen LogP contribution in [0.3, 0.4) is 0 Å². The molecule has 0 saturated carbocycles. The van der Waals surface area contributed by atoms with Crippen molar-refractivity contribution < 1.29 is 75.6 Å². The van der Waals surface area contributed by atoms with E-state index in [1.54, 1.807) is 55.6 Å². The molecule has 0 bridgehead atoms. The molecule has 0 aliphatic carbocycles. The first-order valence-electron chi connectivity index (χ1n) is 25.5. The summed E-state index contributed by atoms with van der Waals surface area (Å²) in [4.78, 5) is 18.2. The van der Waals surface area contributed by atoms with Gasteiger partial charge < -0.3 is 59.0 Å². The SMILES string of the molecule is CC[C@H]1OC(=O)[C@H](C)C(C2C[C@@](C)(OC)[C@@H](O)[C@H](C)O2)[C@H](C)[C@@H](O[C@@H]2O[C@H](C)C[C@H](N(C)CCc3cn([C@H](CF)C(F)(F)c4ccc(S(C)(=O)=O)cc4)nn3)[C@H]2O)[C@](C)(O)C[C@@H](C)CN(C)[C@H](C)[C@@H](O)[C@]1(C)O. The zero-order chi connectivity index (χ0) is 54.9. The van der Waals surface area contributed by atoms with Crippen LogP contribution in [-0.4, -0.2) is 196 Å². The number of carbonyl (C=O) groups excluding carboxylic acids is 1. The maximum atomic E-state index is 15.7. The van der Waals surface area contributed by atoms with Crippen molar-refractivity contribution in [2.24, 2.45) is 23.7 Å². The van der Waals surface area contributed by atoms with Gasteiger partial charge in [-0.2, -0.15) is 8.78 Å². The molecule has 0 radical (unpaired) electrons. The number of aromatic nitrogens is 3. The Labute approximate surface area is 429 Å². The van der Waals surface area contributed by atoms with Gasteiger partial charge in [0.1, 0.15) is 42.7 Å². The number of halogens is 3. The van der Waals surface area contributed by atoms with Crippen molar-refractivity contribution >= 4 is 15.8 Å². The van der Waals surface area contributed by atoms with Crippen LogP contribution in [0.4, 0.5) is 13.2 Å². The molecule has 3 fully saturated rings. The second kappa shape index (κ2) is 23.8. The average molecular weight is 1060 g/mol. The van der Waals surface area contributed by atoms with Gasteiger partial charge >= 0.3 is 5.97 Å². The van der Waals surface area contributed by atoms with Gasteiger partial charge in [-0.3, -0.25) is 4.79 Å². The molecule has 3 aliphatic heterocycles. The summed E-state index contributed by atoms with van der Waals surface area (Å²) in [7, 11) is 1.40. The van der Waals surface area contributed by atoms with E-state index in [4.69, 9.17) is 23.7 Å². The first-order valence-corrected chi connectivity index (χ1v) is 27.4. The van der Waals surface area contributed by atoms with Crippen LogP contribution < -0.4 is 0 Å². The number of rotatable bonds is 14. The number of cyclic esters (lactones) is 1. The smallest absolute Gasteiger partial charge is 0.309 e. The summed E-state index contributed by atoms with van der Waals surface area (Å²) in [6.45, 7) is 16.5. The third-order valence-corrected chi connectivity index (χ3v) is 17.4. The molecular formula is C51H84F3N5O13S. The molecule has 2 aromatic rings. The molecule has 5 N–H and O–H groups in total. The van der Waals surface area contributed by atoms with Crippen molar-refractivity contribution in [1.82, 2.24) is 24.8 Å². The molecule has 3 saturated heterocycles. The number of alkyl halides is 3. The van der Waals surface area contributed by atoms with Crippen molar-refractivity contribution in [2.75, 3.05) is 47.2 Å². The average Bonchev–Trinajstić information content (AvgIpc) is 3.78. The summed E-state index contributed by atoms with van der Waals surface area (Å²) >= 11 is 0. The Morgan fingerprint density at radius 1 is 1.00 bits per heavy atom. The molecule has 3 aliphatic rings. The van der Waals surface area contributed by atoms with Crippen molar-refractivity contribution in [3.05, 3.63) is 41.7 Å². The second-order valence-corrected chi connectivity index (χ2v) is 24.3. The maximum absolute atomic E-state index is 15.7. The Balaban J connectivity index is 1.46. The van der Waals surface area contributed by atoms with Crippen molar-refractivity contribution in [3.63, 3.8) is 0 Å². The lowest BCUT2D eigenvalue weighted by molar-refractivity contribution is -0.302. The summed E-state index contributed by atoms with van der Waals surface area (Å²) in [5.74, 6) is -7.31. The van der Waals surface area contributed by atoms with Gasteiger partial charge in [0.05, 0.1) is 52.1 Å². The molecule has 4 heterocycles. The van der Waals surface area contributed by atoms with Crippen LogP contribution in [-0.2, 0) is 50.7 Å². The highest BCUT2D eigenvalue weighted by Crippen LogP contribution is 2.45. The monoisotopic (exact) mass is 1060 g/mol. The third kappa shape index (κ3) is 13.5. The molecule has 19 atom stereocenters. The molecule has 18 nitrogen and oxygen atoms in total. The minimum Gasteiger partial charge on any atom is -0.459 e. The van der Waals surface area contributed by atoms with Gasteiger partial charge in [0.2, 0.25) is 0 Å². The van der Waals surface area contributed by atoms with Crippen molar-refractivity contribution in [3.8, 4) is 0 Å². The number of hydrogen-bond donors (Lipinski definition) is 5. The van der Waals surface area contributed by atoms with E-state index in [1.807, 2.05) is 30.6 Å². The first kappa shape index (κ1) is 61.0. The van der Waals surface area contributed by atoms with E-state index in [0.717, 1.165) is 35.2 Å². The number of aliphatic hydroxyl groups excluding tert-OH is 3. The van der Waals surface area contributed by atoms with E-state index in [-0.39, 0.29) is 48.7 Å². The quantitative estimate of drug-likeness (QED) is 0.168. The predicted octanol–water partition coefficient (Wildman–Crippen LogP) is 4.08. The molecular weight excluding hydrogens is 980 g/mol. The Morgan fingerprint density at radius 2 is 1.63 bits per heavy atom. The van der Waals surface area contributed by atoms with Gasteiger partial charge in [-0.15, -0.1) is 5.10 Å². The number of ether oxygens (including phenoxy) is 5. The third-order valence-electron chi connectivity index (χ3n) is 16.3. The fourth-order valence-electron chi connectivity index (χ4n) is 11.7. The second-order valence-electron chi connectivity index (χ2n) is 22.3. The number of hydrogen-bond acceptors (Lipinski definition) is 17. The summed E-state index contributed by atoms with van der Waals surface area (Å²) < 4.78 is 102. The van der Waals surface area contributed by atoms with Gasteiger partial charge in [-0.1, -0.05) is 45.0 Å². The Hall–Kier alpha value is -2.87. The van der Waals surface area contributed by atoms with Crippen LogP contribution in [0.25, 0.3) is 0 Å². The molecule has 5 rings (SSSR count). The fourth-order valence-corrected chi connectivity index (χ4v) is 12.3. The maximum Gasteiger partial charge on any atom is 0.309 e. The minimum absolute atomic E-state index is 0.126. The number of benzene rings is 1. The van der Waals surface area contributed by atoms with E-state index in [2.05, 4.69) is 10.3 Å². The van der Waals surface area contributed by atoms with Crippen LogP contribution in [0.15, 0.2) is 35.4 Å². The number of esters is 1. The van der Waals surface area contributed by atoms with Gasteiger partial charge in [-0.05, 0) is 98.9 Å². The molecule has 1 aromatic heterocycles. The molecule has 1 aromatic carbocycles. The summed E-state index contributed by atoms with van der Waals surface area (Å²) in [5, 5.41) is 67.9. The van der Waals surface area contributed by atoms with E-state index in [1.165, 1.54) is 20.2 Å². The van der Waals surface area contributed by atoms with Crippen LogP contribution >= 0.6 is 0 Å².